The van der Waals surface area contributed by atoms with E-state index in [1.165, 1.54) is 0 Å². The van der Waals surface area contributed by atoms with E-state index in [1.807, 2.05) is 0 Å². The molecule has 0 saturated heterocycles. The van der Waals surface area contributed by atoms with Crippen LogP contribution in [0.3, 0.4) is 0 Å². The van der Waals surface area contributed by atoms with Crippen LogP contribution in [0.15, 0.2) is 36.4 Å². The molecule has 0 bridgehead atoms. The van der Waals surface area contributed by atoms with E-state index >= 15 is 0 Å². The Balaban J connectivity index is 0.000000227. The Morgan fingerprint density at radius 3 is 1.24 bits per heavy atom. The highest BCUT2D eigenvalue weighted by molar-refractivity contribution is 6.44. The van der Waals surface area contributed by atoms with E-state index < -0.39 is 0 Å². The Kier molecular flexibility index (Phi) is 8.74. The first kappa shape index (κ1) is 26.0. The second-order valence-electron chi connectivity index (χ2n) is 6.01. The van der Waals surface area contributed by atoms with Crippen LogP contribution in [-0.2, 0) is 0 Å². The smallest absolute Gasteiger partial charge is 0.242 e. The Hall–Kier alpha value is -3.22. The number of hydrogen-bond acceptors (Lipinski definition) is 10. The molecule has 0 aliphatic rings. The third kappa shape index (κ3) is 5.97. The summed E-state index contributed by atoms with van der Waals surface area (Å²) in [5.74, 6) is 0.354. The van der Waals surface area contributed by atoms with Crippen molar-refractivity contribution in [1.82, 2.24) is 30.4 Å². The van der Waals surface area contributed by atoms with Crippen LogP contribution in [0.25, 0.3) is 22.5 Å². The summed E-state index contributed by atoms with van der Waals surface area (Å²) in [6, 6.07) is 10.3. The van der Waals surface area contributed by atoms with E-state index in [0.717, 1.165) is 0 Å². The molecule has 0 amide bonds. The fourth-order valence-corrected chi connectivity index (χ4v) is 3.24. The molecule has 0 unspecified atom stereocenters. The van der Waals surface area contributed by atoms with E-state index in [0.29, 0.717) is 42.6 Å². The lowest BCUT2D eigenvalue weighted by Crippen LogP contribution is -2.04. The van der Waals surface area contributed by atoms with Crippen LogP contribution in [0.1, 0.15) is 0 Å². The van der Waals surface area contributed by atoms with Crippen molar-refractivity contribution in [3.05, 3.63) is 56.5 Å². The predicted molar refractivity (Wildman–Crippen MR) is 132 cm³/mol. The van der Waals surface area contributed by atoms with Crippen LogP contribution in [0.4, 0.5) is 23.5 Å². The molecule has 0 radical (unpaired) electrons. The largest absolute Gasteiger partial charge is 0.412 e. The minimum absolute atomic E-state index is 0. The van der Waals surface area contributed by atoms with E-state index in [4.69, 9.17) is 69.3 Å². The summed E-state index contributed by atoms with van der Waals surface area (Å²) in [6.07, 6.45) is 0. The molecule has 172 valence electrons. The Labute approximate surface area is 207 Å². The van der Waals surface area contributed by atoms with Crippen molar-refractivity contribution in [1.29, 1.82) is 0 Å². The standard InChI is InChI=1S/2C9H7Cl2N5.H2O/c2*10-5-3-1-2-4(6(5)11)7-8(12)14-9(13)16-15-7;/h2*1-3H,(H4,12,13,14,16);1H2. The maximum Gasteiger partial charge on any atom is 0.242 e. The maximum atomic E-state index is 6.03. The molecule has 33 heavy (non-hydrogen) atoms. The van der Waals surface area contributed by atoms with Gasteiger partial charge in [0.05, 0.1) is 20.1 Å². The third-order valence-corrected chi connectivity index (χ3v) is 5.51. The number of aromatic nitrogens is 6. The van der Waals surface area contributed by atoms with Crippen molar-refractivity contribution in [3.63, 3.8) is 0 Å². The molecule has 2 aromatic carbocycles. The lowest BCUT2D eigenvalue weighted by molar-refractivity contribution is 0.824. The molecule has 15 heteroatoms. The first-order chi connectivity index (χ1) is 15.2. The van der Waals surface area contributed by atoms with Crippen molar-refractivity contribution in [3.8, 4) is 22.5 Å². The Bertz CT molecular complexity index is 1190. The van der Waals surface area contributed by atoms with Gasteiger partial charge in [-0.3, -0.25) is 0 Å². The van der Waals surface area contributed by atoms with Crippen LogP contribution >= 0.6 is 46.4 Å². The van der Waals surface area contributed by atoms with Gasteiger partial charge in [-0.1, -0.05) is 70.7 Å². The van der Waals surface area contributed by atoms with Crippen LogP contribution < -0.4 is 22.9 Å². The van der Waals surface area contributed by atoms with Gasteiger partial charge in [0, 0.05) is 11.1 Å². The third-order valence-electron chi connectivity index (χ3n) is 3.87. The average Bonchev–Trinajstić information content (AvgIpc) is 2.74. The lowest BCUT2D eigenvalue weighted by Gasteiger charge is -2.06. The molecule has 0 fully saturated rings. The van der Waals surface area contributed by atoms with Gasteiger partial charge in [-0.2, -0.15) is 9.97 Å². The quantitative estimate of drug-likeness (QED) is 0.297. The summed E-state index contributed by atoms with van der Waals surface area (Å²) in [5, 5.41) is 16.5. The molecule has 4 aromatic rings. The molecular weight excluding hydrogens is 514 g/mol. The van der Waals surface area contributed by atoms with Crippen LogP contribution in [0.2, 0.25) is 20.1 Å². The minimum Gasteiger partial charge on any atom is -0.412 e. The normalized spacial score (nSPS) is 10.1. The van der Waals surface area contributed by atoms with Crippen molar-refractivity contribution in [2.75, 3.05) is 22.9 Å². The molecule has 4 rings (SSSR count). The van der Waals surface area contributed by atoms with Gasteiger partial charge in [-0.05, 0) is 12.1 Å². The number of nitrogen functional groups attached to an aromatic ring is 4. The second-order valence-corrected chi connectivity index (χ2v) is 7.58. The maximum absolute atomic E-state index is 6.03. The van der Waals surface area contributed by atoms with Crippen molar-refractivity contribution >= 4 is 69.9 Å². The first-order valence-corrected chi connectivity index (χ1v) is 10.1. The van der Waals surface area contributed by atoms with Gasteiger partial charge in [-0.15, -0.1) is 20.4 Å². The molecule has 0 atom stereocenters. The van der Waals surface area contributed by atoms with E-state index in [9.17, 15) is 0 Å². The van der Waals surface area contributed by atoms with Crippen LogP contribution in [0, 0.1) is 0 Å². The summed E-state index contributed by atoms with van der Waals surface area (Å²) in [4.78, 5) is 7.60. The number of rotatable bonds is 2. The molecular formula is C18H16Cl4N10O. The van der Waals surface area contributed by atoms with E-state index in [2.05, 4.69) is 30.4 Å². The van der Waals surface area contributed by atoms with Crippen molar-refractivity contribution in [2.45, 2.75) is 0 Å². The highest BCUT2D eigenvalue weighted by atomic mass is 35.5. The Morgan fingerprint density at radius 1 is 0.545 bits per heavy atom. The molecule has 0 spiro atoms. The molecule has 11 nitrogen and oxygen atoms in total. The lowest BCUT2D eigenvalue weighted by atomic mass is 10.1. The first-order valence-electron chi connectivity index (χ1n) is 8.59. The monoisotopic (exact) mass is 528 g/mol. The van der Waals surface area contributed by atoms with Gasteiger partial charge in [0.2, 0.25) is 11.9 Å². The molecule has 0 saturated carbocycles. The molecule has 2 heterocycles. The molecule has 0 aliphatic heterocycles. The average molecular weight is 530 g/mol. The summed E-state index contributed by atoms with van der Waals surface area (Å²) in [6.45, 7) is 0. The second kappa shape index (κ2) is 11.1. The number of halogens is 4. The van der Waals surface area contributed by atoms with Gasteiger partial charge in [-0.25, -0.2) is 0 Å². The van der Waals surface area contributed by atoms with Gasteiger partial charge in [0.1, 0.15) is 11.4 Å². The zero-order chi connectivity index (χ0) is 23.4. The number of nitrogens with two attached hydrogens (primary N) is 4. The number of hydrogen-bond donors (Lipinski definition) is 4. The highest BCUT2D eigenvalue weighted by Crippen LogP contribution is 2.35. The summed E-state index contributed by atoms with van der Waals surface area (Å²) >= 11 is 23.8. The number of nitrogens with zero attached hydrogens (tertiary/aromatic N) is 6. The van der Waals surface area contributed by atoms with Gasteiger partial charge in [0.25, 0.3) is 0 Å². The Morgan fingerprint density at radius 2 is 0.909 bits per heavy atom. The summed E-state index contributed by atoms with van der Waals surface area (Å²) in [7, 11) is 0. The van der Waals surface area contributed by atoms with Gasteiger partial charge in [0.15, 0.2) is 11.6 Å². The zero-order valence-corrected chi connectivity index (χ0v) is 19.5. The summed E-state index contributed by atoms with van der Waals surface area (Å²) in [5.41, 5.74) is 23.9. The van der Waals surface area contributed by atoms with Crippen molar-refractivity contribution < 1.29 is 5.48 Å². The SMILES string of the molecule is Nc1nnc(-c2cccc(Cl)c2Cl)c(N)n1.Nc1nnc(-c2cccc(Cl)c2Cl)c(N)n1.O. The van der Waals surface area contributed by atoms with E-state index in [1.54, 1.807) is 36.4 Å². The number of anilines is 4. The zero-order valence-electron chi connectivity index (χ0n) is 16.5. The van der Waals surface area contributed by atoms with Crippen LogP contribution in [-0.4, -0.2) is 35.8 Å². The number of benzene rings is 2. The fraction of sp³-hybridized carbons (Fsp3) is 0. The van der Waals surface area contributed by atoms with Gasteiger partial charge >= 0.3 is 0 Å². The summed E-state index contributed by atoms with van der Waals surface area (Å²) < 4.78 is 0. The van der Waals surface area contributed by atoms with Gasteiger partial charge < -0.3 is 28.4 Å². The molecule has 2 aromatic heterocycles. The highest BCUT2D eigenvalue weighted by Gasteiger charge is 2.14. The topological polar surface area (TPSA) is 213 Å². The molecule has 10 N–H and O–H groups in total. The van der Waals surface area contributed by atoms with Crippen LogP contribution in [0.5, 0.6) is 0 Å². The molecule has 0 aliphatic carbocycles. The minimum atomic E-state index is 0. The van der Waals surface area contributed by atoms with E-state index in [-0.39, 0.29) is 29.0 Å². The fourth-order valence-electron chi connectivity index (χ4n) is 2.46. The van der Waals surface area contributed by atoms with Crippen molar-refractivity contribution in [2.24, 2.45) is 0 Å². The predicted octanol–water partition coefficient (Wildman–Crippen LogP) is 3.19.